The molecule has 1 heterocycles. The van der Waals surface area contributed by atoms with Gasteiger partial charge < -0.3 is 5.32 Å². The second kappa shape index (κ2) is 6.63. The maximum atomic E-state index is 12.0. The molecular weight excluding hydrogens is 282 g/mol. The van der Waals surface area contributed by atoms with Crippen molar-refractivity contribution in [2.45, 2.75) is 18.7 Å². The highest BCUT2D eigenvalue weighted by Gasteiger charge is 2.06. The van der Waals surface area contributed by atoms with Crippen molar-refractivity contribution < 1.29 is 4.79 Å². The first-order chi connectivity index (χ1) is 10.0. The predicted molar refractivity (Wildman–Crippen MR) is 88.6 cm³/mol. The van der Waals surface area contributed by atoms with E-state index >= 15 is 0 Å². The van der Waals surface area contributed by atoms with Gasteiger partial charge in [-0.05, 0) is 44.4 Å². The molecule has 1 aromatic heterocycles. The van der Waals surface area contributed by atoms with Crippen molar-refractivity contribution in [3.05, 3.63) is 47.3 Å². The van der Waals surface area contributed by atoms with Crippen LogP contribution in [0.3, 0.4) is 0 Å². The van der Waals surface area contributed by atoms with Gasteiger partial charge in [-0.1, -0.05) is 6.07 Å². The molecule has 0 unspecified atom stereocenters. The van der Waals surface area contributed by atoms with E-state index < -0.39 is 0 Å². The Hall–Kier alpha value is -2.01. The number of aryl methyl sites for hydroxylation is 2. The molecule has 21 heavy (non-hydrogen) atoms. The summed E-state index contributed by atoms with van der Waals surface area (Å²) in [6.45, 7) is 3.92. The SMILES string of the molecule is CSc1cccc(NC(=O)C=Cc2c(C)nn(C)c2C)c1. The van der Waals surface area contributed by atoms with Gasteiger partial charge in [0.05, 0.1) is 5.69 Å². The van der Waals surface area contributed by atoms with Crippen LogP contribution in [0.4, 0.5) is 5.69 Å². The zero-order valence-electron chi connectivity index (χ0n) is 12.7. The van der Waals surface area contributed by atoms with Crippen LogP contribution in [0.1, 0.15) is 17.0 Å². The average Bonchev–Trinajstić information content (AvgIpc) is 2.70. The van der Waals surface area contributed by atoms with Gasteiger partial charge in [0.15, 0.2) is 0 Å². The summed E-state index contributed by atoms with van der Waals surface area (Å²) in [6.07, 6.45) is 5.36. The lowest BCUT2D eigenvalue weighted by atomic mass is 10.2. The molecule has 4 nitrogen and oxygen atoms in total. The number of hydrogen-bond acceptors (Lipinski definition) is 3. The summed E-state index contributed by atoms with van der Waals surface area (Å²) in [6, 6.07) is 7.78. The summed E-state index contributed by atoms with van der Waals surface area (Å²) in [5.41, 5.74) is 3.76. The van der Waals surface area contributed by atoms with E-state index in [2.05, 4.69) is 10.4 Å². The summed E-state index contributed by atoms with van der Waals surface area (Å²) in [5.74, 6) is -0.143. The fourth-order valence-electron chi connectivity index (χ4n) is 2.07. The van der Waals surface area contributed by atoms with Gasteiger partial charge in [0.1, 0.15) is 0 Å². The van der Waals surface area contributed by atoms with Crippen molar-refractivity contribution in [1.29, 1.82) is 0 Å². The molecule has 0 fully saturated rings. The van der Waals surface area contributed by atoms with Crippen molar-refractivity contribution in [3.8, 4) is 0 Å². The Morgan fingerprint density at radius 3 is 2.76 bits per heavy atom. The van der Waals surface area contributed by atoms with Gasteiger partial charge in [0.25, 0.3) is 0 Å². The highest BCUT2D eigenvalue weighted by atomic mass is 32.2. The number of amides is 1. The monoisotopic (exact) mass is 301 g/mol. The number of thioether (sulfide) groups is 1. The summed E-state index contributed by atoms with van der Waals surface area (Å²) in [7, 11) is 1.90. The van der Waals surface area contributed by atoms with Gasteiger partial charge in [-0.3, -0.25) is 9.48 Å². The van der Waals surface area contributed by atoms with Crippen LogP contribution in [0.15, 0.2) is 35.2 Å². The highest BCUT2D eigenvalue weighted by Crippen LogP contribution is 2.19. The molecule has 1 N–H and O–H groups in total. The van der Waals surface area contributed by atoms with E-state index in [9.17, 15) is 4.79 Å². The third-order valence-electron chi connectivity index (χ3n) is 3.30. The fourth-order valence-corrected chi connectivity index (χ4v) is 2.53. The lowest BCUT2D eigenvalue weighted by Crippen LogP contribution is -2.07. The van der Waals surface area contributed by atoms with Gasteiger partial charge in [-0.15, -0.1) is 11.8 Å². The molecule has 2 rings (SSSR count). The Labute approximate surface area is 129 Å². The Morgan fingerprint density at radius 2 is 2.14 bits per heavy atom. The number of nitrogens with zero attached hydrogens (tertiary/aromatic N) is 2. The first kappa shape index (κ1) is 15.4. The smallest absolute Gasteiger partial charge is 0.248 e. The topological polar surface area (TPSA) is 46.9 Å². The minimum atomic E-state index is -0.143. The van der Waals surface area contributed by atoms with Crippen LogP contribution in [0.2, 0.25) is 0 Å². The first-order valence-electron chi connectivity index (χ1n) is 6.64. The average molecular weight is 301 g/mol. The molecule has 0 saturated heterocycles. The third-order valence-corrected chi connectivity index (χ3v) is 4.03. The van der Waals surface area contributed by atoms with E-state index in [0.717, 1.165) is 27.5 Å². The van der Waals surface area contributed by atoms with Gasteiger partial charge in [0.2, 0.25) is 5.91 Å². The molecule has 0 aliphatic rings. The number of aromatic nitrogens is 2. The maximum Gasteiger partial charge on any atom is 0.248 e. The van der Waals surface area contributed by atoms with Crippen LogP contribution in [0.5, 0.6) is 0 Å². The molecule has 5 heteroatoms. The van der Waals surface area contributed by atoms with Gasteiger partial charge in [-0.2, -0.15) is 5.10 Å². The zero-order valence-corrected chi connectivity index (χ0v) is 13.5. The lowest BCUT2D eigenvalue weighted by molar-refractivity contribution is -0.111. The molecule has 2 aromatic rings. The third kappa shape index (κ3) is 3.76. The number of rotatable bonds is 4. The second-order valence-corrected chi connectivity index (χ2v) is 5.64. The molecule has 0 atom stereocenters. The Kier molecular flexibility index (Phi) is 4.85. The van der Waals surface area contributed by atoms with Gasteiger partial charge >= 0.3 is 0 Å². The van der Waals surface area contributed by atoms with E-state index in [1.165, 1.54) is 0 Å². The normalized spacial score (nSPS) is 11.0. The van der Waals surface area contributed by atoms with E-state index in [0.29, 0.717) is 0 Å². The number of hydrogen-bond donors (Lipinski definition) is 1. The van der Waals surface area contributed by atoms with Crippen LogP contribution in [-0.2, 0) is 11.8 Å². The fraction of sp³-hybridized carbons (Fsp3) is 0.250. The number of carbonyl (C=O) groups excluding carboxylic acids is 1. The molecule has 0 radical (unpaired) electrons. The minimum Gasteiger partial charge on any atom is -0.322 e. The molecule has 0 bridgehead atoms. The van der Waals surface area contributed by atoms with E-state index in [1.54, 1.807) is 17.8 Å². The summed E-state index contributed by atoms with van der Waals surface area (Å²) in [4.78, 5) is 13.1. The van der Waals surface area contributed by atoms with Crippen LogP contribution in [0, 0.1) is 13.8 Å². The van der Waals surface area contributed by atoms with Crippen LogP contribution >= 0.6 is 11.8 Å². The predicted octanol–water partition coefficient (Wildman–Crippen LogP) is 3.41. The van der Waals surface area contributed by atoms with Crippen molar-refractivity contribution >= 4 is 29.4 Å². The Bertz CT molecular complexity index is 689. The summed E-state index contributed by atoms with van der Waals surface area (Å²) in [5, 5.41) is 7.19. The van der Waals surface area contributed by atoms with Crippen LogP contribution < -0.4 is 5.32 Å². The number of carbonyl (C=O) groups is 1. The zero-order chi connectivity index (χ0) is 15.4. The van der Waals surface area contributed by atoms with Gasteiger partial charge in [-0.25, -0.2) is 0 Å². The molecule has 0 spiro atoms. The molecule has 1 amide bonds. The molecule has 0 aliphatic carbocycles. The molecule has 0 aliphatic heterocycles. The maximum absolute atomic E-state index is 12.0. The Balaban J connectivity index is 2.09. The quantitative estimate of drug-likeness (QED) is 0.695. The van der Waals surface area contributed by atoms with Crippen molar-refractivity contribution in [2.24, 2.45) is 7.05 Å². The second-order valence-electron chi connectivity index (χ2n) is 4.76. The summed E-state index contributed by atoms with van der Waals surface area (Å²) < 4.78 is 1.81. The number of nitrogens with one attached hydrogen (secondary N) is 1. The van der Waals surface area contributed by atoms with Gasteiger partial charge in [0, 0.05) is 35.0 Å². The Morgan fingerprint density at radius 1 is 1.38 bits per heavy atom. The van der Waals surface area contributed by atoms with E-state index in [1.807, 2.05) is 62.2 Å². The van der Waals surface area contributed by atoms with Crippen LogP contribution in [0.25, 0.3) is 6.08 Å². The minimum absolute atomic E-state index is 0.143. The molecule has 1 aromatic carbocycles. The summed E-state index contributed by atoms with van der Waals surface area (Å²) >= 11 is 1.65. The van der Waals surface area contributed by atoms with Crippen LogP contribution in [-0.4, -0.2) is 21.9 Å². The molecular formula is C16H19N3OS. The van der Waals surface area contributed by atoms with Crippen molar-refractivity contribution in [3.63, 3.8) is 0 Å². The largest absolute Gasteiger partial charge is 0.322 e. The van der Waals surface area contributed by atoms with Crippen molar-refractivity contribution in [2.75, 3.05) is 11.6 Å². The lowest BCUT2D eigenvalue weighted by Gasteiger charge is -2.03. The van der Waals surface area contributed by atoms with E-state index in [4.69, 9.17) is 0 Å². The standard InChI is InChI=1S/C16H19N3OS/c1-11-15(12(2)19(3)18-11)8-9-16(20)17-13-6-5-7-14(10-13)21-4/h5-10H,1-4H3,(H,17,20). The van der Waals surface area contributed by atoms with Crippen molar-refractivity contribution in [1.82, 2.24) is 9.78 Å². The molecule has 110 valence electrons. The molecule has 0 saturated carbocycles. The highest BCUT2D eigenvalue weighted by molar-refractivity contribution is 7.98. The first-order valence-corrected chi connectivity index (χ1v) is 7.87. The number of anilines is 1. The number of benzene rings is 1. The van der Waals surface area contributed by atoms with E-state index in [-0.39, 0.29) is 5.91 Å².